The van der Waals surface area contributed by atoms with Crippen molar-refractivity contribution in [2.45, 2.75) is 57.5 Å². The van der Waals surface area contributed by atoms with E-state index in [1.807, 2.05) is 12.1 Å². The molecule has 1 amide bonds. The molecule has 3 heterocycles. The van der Waals surface area contributed by atoms with Gasteiger partial charge in [-0.3, -0.25) is 14.3 Å². The average Bonchev–Trinajstić information content (AvgIpc) is 3.11. The summed E-state index contributed by atoms with van der Waals surface area (Å²) in [5.74, 6) is 0.176. The summed E-state index contributed by atoms with van der Waals surface area (Å²) < 4.78 is 1.48. The SMILES string of the molecule is CC(C)(N)C(=O)N1CCN(C(O)Nc2ccn(-c3ccc(CCN4CCC[C@@H](N)CC4)cc3)c(=O)n2)CC1. The number of hydrogen-bond acceptors (Lipinski definition) is 9. The summed E-state index contributed by atoms with van der Waals surface area (Å²) in [6.45, 7) is 8.43. The predicted molar refractivity (Wildman–Crippen MR) is 148 cm³/mol. The normalized spacial score (nSPS) is 20.7. The molecule has 0 aliphatic carbocycles. The Kier molecular flexibility index (Phi) is 9.16. The second kappa shape index (κ2) is 12.4. The van der Waals surface area contributed by atoms with Gasteiger partial charge in [-0.25, -0.2) is 4.79 Å². The molecule has 0 bridgehead atoms. The zero-order valence-corrected chi connectivity index (χ0v) is 22.6. The zero-order chi connectivity index (χ0) is 27.3. The predicted octanol–water partition coefficient (Wildman–Crippen LogP) is 0.158. The number of nitrogens with one attached hydrogen (secondary N) is 1. The fraction of sp³-hybridized carbons (Fsp3) is 0.593. The first-order chi connectivity index (χ1) is 18.1. The summed E-state index contributed by atoms with van der Waals surface area (Å²) in [5, 5.41) is 13.5. The van der Waals surface area contributed by atoms with Crippen LogP contribution in [0.5, 0.6) is 0 Å². The van der Waals surface area contributed by atoms with E-state index in [1.54, 1.807) is 35.9 Å². The van der Waals surface area contributed by atoms with Gasteiger partial charge in [0.1, 0.15) is 5.82 Å². The van der Waals surface area contributed by atoms with Crippen molar-refractivity contribution in [3.05, 3.63) is 52.6 Å². The van der Waals surface area contributed by atoms with Crippen LogP contribution in [0.1, 0.15) is 38.7 Å². The maximum atomic E-state index is 12.7. The van der Waals surface area contributed by atoms with Crippen LogP contribution >= 0.6 is 0 Å². The topological polar surface area (TPSA) is 146 Å². The highest BCUT2D eigenvalue weighted by atomic mass is 16.3. The number of hydrogen-bond donors (Lipinski definition) is 4. The molecule has 0 saturated carbocycles. The van der Waals surface area contributed by atoms with Gasteiger partial charge in [0, 0.05) is 45.0 Å². The van der Waals surface area contributed by atoms with Gasteiger partial charge in [-0.05, 0) is 76.4 Å². The fourth-order valence-corrected chi connectivity index (χ4v) is 5.00. The number of rotatable bonds is 8. The van der Waals surface area contributed by atoms with Gasteiger partial charge in [0.2, 0.25) is 5.91 Å². The lowest BCUT2D eigenvalue weighted by molar-refractivity contribution is -0.139. The quantitative estimate of drug-likeness (QED) is 0.353. The van der Waals surface area contributed by atoms with Crippen LogP contribution in [0.2, 0.25) is 0 Å². The molecule has 11 heteroatoms. The number of likely N-dealkylation sites (tertiary alicyclic amines) is 1. The Morgan fingerprint density at radius 2 is 1.82 bits per heavy atom. The first kappa shape index (κ1) is 28.2. The first-order valence-electron chi connectivity index (χ1n) is 13.5. The molecule has 2 aromatic rings. The van der Waals surface area contributed by atoms with E-state index < -0.39 is 17.6 Å². The number of piperazine rings is 1. The minimum absolute atomic E-state index is 0.111. The number of carbonyl (C=O) groups is 1. The minimum Gasteiger partial charge on any atom is -0.361 e. The van der Waals surface area contributed by atoms with Crippen molar-refractivity contribution in [3.8, 4) is 5.69 Å². The molecule has 1 unspecified atom stereocenters. The van der Waals surface area contributed by atoms with E-state index in [4.69, 9.17) is 11.5 Å². The number of carbonyl (C=O) groups excluding carboxylic acids is 1. The highest BCUT2D eigenvalue weighted by Gasteiger charge is 2.31. The highest BCUT2D eigenvalue weighted by Crippen LogP contribution is 2.14. The molecule has 4 rings (SSSR count). The van der Waals surface area contributed by atoms with E-state index in [0.717, 1.165) is 51.0 Å². The Bertz CT molecular complexity index is 1120. The van der Waals surface area contributed by atoms with Gasteiger partial charge in [0.25, 0.3) is 0 Å². The summed E-state index contributed by atoms with van der Waals surface area (Å²) in [6, 6.07) is 9.96. The number of amides is 1. The van der Waals surface area contributed by atoms with Crippen molar-refractivity contribution in [2.75, 3.05) is 51.1 Å². The Balaban J connectivity index is 1.29. The monoisotopic (exact) mass is 526 g/mol. The molecule has 2 aliphatic rings. The van der Waals surface area contributed by atoms with Crippen LogP contribution in [0.25, 0.3) is 5.69 Å². The van der Waals surface area contributed by atoms with Crippen molar-refractivity contribution in [1.82, 2.24) is 24.3 Å². The second-order valence-electron chi connectivity index (χ2n) is 11.0. The molecule has 0 radical (unpaired) electrons. The maximum absolute atomic E-state index is 12.7. The van der Waals surface area contributed by atoms with Crippen LogP contribution in [0.15, 0.2) is 41.3 Å². The lowest BCUT2D eigenvalue weighted by atomic mass is 10.0. The molecule has 208 valence electrons. The third-order valence-corrected chi connectivity index (χ3v) is 7.38. The molecular weight excluding hydrogens is 484 g/mol. The summed E-state index contributed by atoms with van der Waals surface area (Å²) in [6.07, 6.45) is 4.90. The number of anilines is 1. The summed E-state index contributed by atoms with van der Waals surface area (Å²) in [5.41, 5.74) is 12.6. The summed E-state index contributed by atoms with van der Waals surface area (Å²) in [7, 11) is 0. The average molecular weight is 527 g/mol. The number of aromatic nitrogens is 2. The lowest BCUT2D eigenvalue weighted by Gasteiger charge is -2.39. The molecule has 11 nitrogen and oxygen atoms in total. The Labute approximate surface area is 224 Å². The molecule has 0 spiro atoms. The standard InChI is InChI=1S/C27H42N8O3/c1-27(2,29)24(36)33-16-18-34(19-17-33)25(37)30-23-11-15-35(26(38)31-23)22-7-5-20(6-8-22)9-13-32-12-3-4-21(28)10-14-32/h5-8,11,15,21,25,37H,3-4,9-10,12-14,16-19,28-29H2,1-2H3,(H,30,31,38)/t21-,25?/m1/s1. The van der Waals surface area contributed by atoms with E-state index in [2.05, 4.69) is 27.3 Å². The van der Waals surface area contributed by atoms with Crippen LogP contribution in [-0.4, -0.2) is 99.0 Å². The van der Waals surface area contributed by atoms with Gasteiger partial charge in [0.05, 0.1) is 11.2 Å². The minimum atomic E-state index is -1.03. The molecule has 2 fully saturated rings. The van der Waals surface area contributed by atoms with Crippen molar-refractivity contribution in [2.24, 2.45) is 11.5 Å². The first-order valence-corrected chi connectivity index (χ1v) is 13.5. The van der Waals surface area contributed by atoms with Crippen LogP contribution in [0.4, 0.5) is 5.82 Å². The Hall–Kier alpha value is -2.83. The smallest absolute Gasteiger partial charge is 0.354 e. The molecule has 2 aliphatic heterocycles. The van der Waals surface area contributed by atoms with Crippen molar-refractivity contribution >= 4 is 11.7 Å². The number of aliphatic hydroxyl groups excluding tert-OH is 1. The highest BCUT2D eigenvalue weighted by molar-refractivity contribution is 5.85. The number of nitrogens with two attached hydrogens (primary N) is 2. The molecule has 6 N–H and O–H groups in total. The van der Waals surface area contributed by atoms with Gasteiger partial charge in [-0.1, -0.05) is 12.1 Å². The van der Waals surface area contributed by atoms with E-state index in [-0.39, 0.29) is 11.7 Å². The van der Waals surface area contributed by atoms with Crippen LogP contribution in [-0.2, 0) is 11.2 Å². The van der Waals surface area contributed by atoms with Crippen LogP contribution in [0, 0.1) is 0 Å². The maximum Gasteiger partial charge on any atom is 0.354 e. The zero-order valence-electron chi connectivity index (χ0n) is 22.6. The van der Waals surface area contributed by atoms with Gasteiger partial charge in [-0.15, -0.1) is 0 Å². The second-order valence-corrected chi connectivity index (χ2v) is 11.0. The number of benzene rings is 1. The molecule has 1 aromatic heterocycles. The van der Waals surface area contributed by atoms with Gasteiger partial charge in [0.15, 0.2) is 6.35 Å². The molecule has 2 saturated heterocycles. The molecular formula is C27H42N8O3. The lowest BCUT2D eigenvalue weighted by Crippen LogP contribution is -2.59. The van der Waals surface area contributed by atoms with Gasteiger partial charge >= 0.3 is 5.69 Å². The van der Waals surface area contributed by atoms with Crippen molar-refractivity contribution in [3.63, 3.8) is 0 Å². The third-order valence-electron chi connectivity index (χ3n) is 7.38. The van der Waals surface area contributed by atoms with Crippen LogP contribution < -0.4 is 22.5 Å². The van der Waals surface area contributed by atoms with Gasteiger partial charge < -0.3 is 31.7 Å². The van der Waals surface area contributed by atoms with E-state index >= 15 is 0 Å². The third kappa shape index (κ3) is 7.39. The van der Waals surface area contributed by atoms with Gasteiger partial charge in [-0.2, -0.15) is 4.98 Å². The molecule has 2 atom stereocenters. The number of aliphatic hydroxyl groups is 1. The summed E-state index contributed by atoms with van der Waals surface area (Å²) in [4.78, 5) is 35.2. The van der Waals surface area contributed by atoms with Crippen molar-refractivity contribution < 1.29 is 9.90 Å². The van der Waals surface area contributed by atoms with Crippen LogP contribution in [0.3, 0.4) is 0 Å². The number of nitrogens with zero attached hydrogens (tertiary/aromatic N) is 5. The molecule has 38 heavy (non-hydrogen) atoms. The Morgan fingerprint density at radius 3 is 2.47 bits per heavy atom. The molecule has 1 aromatic carbocycles. The fourth-order valence-electron chi connectivity index (χ4n) is 5.00. The Morgan fingerprint density at radius 1 is 1.11 bits per heavy atom. The van der Waals surface area contributed by atoms with E-state index in [9.17, 15) is 14.7 Å². The van der Waals surface area contributed by atoms with E-state index in [0.29, 0.717) is 32.2 Å². The van der Waals surface area contributed by atoms with E-state index in [1.165, 1.54) is 10.1 Å². The summed E-state index contributed by atoms with van der Waals surface area (Å²) >= 11 is 0. The van der Waals surface area contributed by atoms with Crippen molar-refractivity contribution in [1.29, 1.82) is 0 Å². The largest absolute Gasteiger partial charge is 0.361 e.